The Labute approximate surface area is 172 Å². The summed E-state index contributed by atoms with van der Waals surface area (Å²) in [7, 11) is 0. The van der Waals surface area contributed by atoms with Crippen molar-refractivity contribution in [3.63, 3.8) is 0 Å². The maximum atomic E-state index is 13.1. The molecule has 1 saturated heterocycles. The number of carbonyl (C=O) groups excluding carboxylic acids is 2. The van der Waals surface area contributed by atoms with E-state index in [-0.39, 0.29) is 24.7 Å². The standard InChI is InChI=1S/C21H23F3N4O2/c1-2-27(14-18(29)26-17-10-4-3-9-16(17)21(22,23)24)20(30)15-8-7-11-25-19(15)28-12-5-6-13-28/h3-4,7-11H,2,5-6,12-14H2,1H3,(H,26,29). The van der Waals surface area contributed by atoms with E-state index in [1.165, 1.54) is 23.1 Å². The summed E-state index contributed by atoms with van der Waals surface area (Å²) in [5.41, 5.74) is -0.890. The van der Waals surface area contributed by atoms with Gasteiger partial charge in [-0.05, 0) is 44.0 Å². The van der Waals surface area contributed by atoms with Gasteiger partial charge in [0.2, 0.25) is 5.91 Å². The van der Waals surface area contributed by atoms with Crippen LogP contribution in [-0.2, 0) is 11.0 Å². The number of benzene rings is 1. The van der Waals surface area contributed by atoms with Crippen molar-refractivity contribution in [2.75, 3.05) is 36.4 Å². The predicted molar refractivity (Wildman–Crippen MR) is 107 cm³/mol. The van der Waals surface area contributed by atoms with Gasteiger partial charge in [-0.25, -0.2) is 4.98 Å². The molecule has 0 atom stereocenters. The minimum atomic E-state index is -4.59. The Morgan fingerprint density at radius 3 is 2.50 bits per heavy atom. The molecule has 9 heteroatoms. The van der Waals surface area contributed by atoms with Gasteiger partial charge < -0.3 is 15.1 Å². The Kier molecular flexibility index (Phi) is 6.59. The van der Waals surface area contributed by atoms with Crippen LogP contribution in [0.15, 0.2) is 42.6 Å². The summed E-state index contributed by atoms with van der Waals surface area (Å²) in [4.78, 5) is 33.2. The van der Waals surface area contributed by atoms with E-state index in [1.807, 2.05) is 4.90 Å². The van der Waals surface area contributed by atoms with Gasteiger partial charge in [-0.1, -0.05) is 12.1 Å². The first kappa shape index (κ1) is 21.6. The lowest BCUT2D eigenvalue weighted by Gasteiger charge is -2.24. The molecule has 2 aromatic rings. The molecule has 1 aromatic heterocycles. The Morgan fingerprint density at radius 2 is 1.83 bits per heavy atom. The fraction of sp³-hybridized carbons (Fsp3) is 0.381. The number of carbonyl (C=O) groups is 2. The number of nitrogens with one attached hydrogen (secondary N) is 1. The number of halogens is 3. The highest BCUT2D eigenvalue weighted by atomic mass is 19.4. The lowest BCUT2D eigenvalue weighted by Crippen LogP contribution is -2.39. The summed E-state index contributed by atoms with van der Waals surface area (Å²) >= 11 is 0. The van der Waals surface area contributed by atoms with E-state index in [4.69, 9.17) is 0 Å². The molecule has 0 radical (unpaired) electrons. The molecule has 0 unspecified atom stereocenters. The summed E-state index contributed by atoms with van der Waals surface area (Å²) in [6.45, 7) is 3.17. The van der Waals surface area contributed by atoms with Crippen molar-refractivity contribution in [1.29, 1.82) is 0 Å². The number of para-hydroxylation sites is 1. The van der Waals surface area contributed by atoms with Crippen LogP contribution in [0.3, 0.4) is 0 Å². The number of hydrogen-bond acceptors (Lipinski definition) is 4. The number of likely N-dealkylation sites (N-methyl/N-ethyl adjacent to an activating group) is 1. The monoisotopic (exact) mass is 420 g/mol. The highest BCUT2D eigenvalue weighted by molar-refractivity contribution is 6.02. The molecular weight excluding hydrogens is 397 g/mol. The normalized spacial score (nSPS) is 13.9. The average molecular weight is 420 g/mol. The molecular formula is C21H23F3N4O2. The molecule has 0 bridgehead atoms. The molecule has 2 amide bonds. The molecule has 1 aliphatic rings. The van der Waals surface area contributed by atoms with E-state index in [1.54, 1.807) is 25.3 Å². The third-order valence-electron chi connectivity index (χ3n) is 4.93. The number of pyridine rings is 1. The minimum Gasteiger partial charge on any atom is -0.356 e. The van der Waals surface area contributed by atoms with E-state index >= 15 is 0 Å². The average Bonchev–Trinajstić information content (AvgIpc) is 3.26. The highest BCUT2D eigenvalue weighted by Gasteiger charge is 2.34. The van der Waals surface area contributed by atoms with Crippen LogP contribution in [0.2, 0.25) is 0 Å². The van der Waals surface area contributed by atoms with Crippen LogP contribution >= 0.6 is 0 Å². The molecule has 0 saturated carbocycles. The van der Waals surface area contributed by atoms with Crippen LogP contribution in [0.25, 0.3) is 0 Å². The van der Waals surface area contributed by atoms with Gasteiger partial charge in [0.05, 0.1) is 16.8 Å². The smallest absolute Gasteiger partial charge is 0.356 e. The van der Waals surface area contributed by atoms with Crippen LogP contribution in [0, 0.1) is 0 Å². The van der Waals surface area contributed by atoms with Crippen LogP contribution in [0.4, 0.5) is 24.7 Å². The summed E-state index contributed by atoms with van der Waals surface area (Å²) in [6, 6.07) is 8.05. The number of rotatable bonds is 6. The summed E-state index contributed by atoms with van der Waals surface area (Å²) in [5.74, 6) is -0.512. The van der Waals surface area contributed by atoms with Gasteiger partial charge in [-0.15, -0.1) is 0 Å². The van der Waals surface area contributed by atoms with Crippen LogP contribution < -0.4 is 10.2 Å². The second kappa shape index (κ2) is 9.15. The molecule has 0 aliphatic carbocycles. The third kappa shape index (κ3) is 4.90. The maximum Gasteiger partial charge on any atom is 0.418 e. The van der Waals surface area contributed by atoms with E-state index in [0.29, 0.717) is 11.4 Å². The SMILES string of the molecule is CCN(CC(=O)Nc1ccccc1C(F)(F)F)C(=O)c1cccnc1N1CCCC1. The minimum absolute atomic E-state index is 0.224. The van der Waals surface area contributed by atoms with Crippen molar-refractivity contribution in [1.82, 2.24) is 9.88 Å². The second-order valence-electron chi connectivity index (χ2n) is 6.98. The largest absolute Gasteiger partial charge is 0.418 e. The van der Waals surface area contributed by atoms with Crippen molar-refractivity contribution < 1.29 is 22.8 Å². The molecule has 1 N–H and O–H groups in total. The third-order valence-corrected chi connectivity index (χ3v) is 4.93. The Morgan fingerprint density at radius 1 is 1.13 bits per heavy atom. The lowest BCUT2D eigenvalue weighted by molar-refractivity contribution is -0.137. The molecule has 2 heterocycles. The fourth-order valence-corrected chi connectivity index (χ4v) is 3.44. The first-order valence-electron chi connectivity index (χ1n) is 9.76. The maximum absolute atomic E-state index is 13.1. The fourth-order valence-electron chi connectivity index (χ4n) is 3.44. The van der Waals surface area contributed by atoms with Gasteiger partial charge >= 0.3 is 6.18 Å². The summed E-state index contributed by atoms with van der Waals surface area (Å²) in [5, 5.41) is 2.28. The molecule has 1 fully saturated rings. The molecule has 6 nitrogen and oxygen atoms in total. The molecule has 0 spiro atoms. The van der Waals surface area contributed by atoms with E-state index < -0.39 is 17.6 Å². The van der Waals surface area contributed by atoms with Gasteiger partial charge in [-0.3, -0.25) is 9.59 Å². The van der Waals surface area contributed by atoms with Crippen molar-refractivity contribution in [3.05, 3.63) is 53.7 Å². The zero-order chi connectivity index (χ0) is 21.7. The Hall–Kier alpha value is -3.10. The van der Waals surface area contributed by atoms with Crippen LogP contribution in [-0.4, -0.2) is 47.9 Å². The van der Waals surface area contributed by atoms with E-state index in [9.17, 15) is 22.8 Å². The molecule has 30 heavy (non-hydrogen) atoms. The quantitative estimate of drug-likeness (QED) is 0.772. The molecule has 160 valence electrons. The number of hydrogen-bond donors (Lipinski definition) is 1. The number of anilines is 2. The number of amides is 2. The van der Waals surface area contributed by atoms with Gasteiger partial charge in [-0.2, -0.15) is 13.2 Å². The van der Waals surface area contributed by atoms with Gasteiger partial charge in [0.15, 0.2) is 0 Å². The van der Waals surface area contributed by atoms with Gasteiger partial charge in [0.25, 0.3) is 5.91 Å². The Bertz CT molecular complexity index is 911. The molecule has 3 rings (SSSR count). The zero-order valence-corrected chi connectivity index (χ0v) is 16.6. The van der Waals surface area contributed by atoms with Crippen molar-refractivity contribution in [3.8, 4) is 0 Å². The first-order valence-corrected chi connectivity index (χ1v) is 9.76. The van der Waals surface area contributed by atoms with Crippen molar-refractivity contribution in [2.24, 2.45) is 0 Å². The number of aromatic nitrogens is 1. The first-order chi connectivity index (χ1) is 14.3. The summed E-state index contributed by atoms with van der Waals surface area (Å²) < 4.78 is 39.4. The van der Waals surface area contributed by atoms with E-state index in [0.717, 1.165) is 32.0 Å². The predicted octanol–water partition coefficient (Wildman–Crippen LogP) is 3.80. The zero-order valence-electron chi connectivity index (χ0n) is 16.6. The number of nitrogens with zero attached hydrogens (tertiary/aromatic N) is 3. The highest BCUT2D eigenvalue weighted by Crippen LogP contribution is 2.34. The summed E-state index contributed by atoms with van der Waals surface area (Å²) in [6.07, 6.45) is -0.947. The van der Waals surface area contributed by atoms with Gasteiger partial charge in [0, 0.05) is 25.8 Å². The van der Waals surface area contributed by atoms with Crippen molar-refractivity contribution >= 4 is 23.3 Å². The molecule has 1 aliphatic heterocycles. The second-order valence-corrected chi connectivity index (χ2v) is 6.98. The molecule has 1 aromatic carbocycles. The number of alkyl halides is 3. The van der Waals surface area contributed by atoms with Gasteiger partial charge in [0.1, 0.15) is 12.4 Å². The van der Waals surface area contributed by atoms with E-state index in [2.05, 4.69) is 10.3 Å². The van der Waals surface area contributed by atoms with Crippen LogP contribution in [0.5, 0.6) is 0 Å². The van der Waals surface area contributed by atoms with Crippen molar-refractivity contribution in [2.45, 2.75) is 25.9 Å². The topological polar surface area (TPSA) is 65.5 Å². The van der Waals surface area contributed by atoms with Crippen LogP contribution in [0.1, 0.15) is 35.7 Å². The lowest BCUT2D eigenvalue weighted by atomic mass is 10.1. The Balaban J connectivity index is 1.75.